The molecule has 4 aromatic rings. The predicted molar refractivity (Wildman–Crippen MR) is 209 cm³/mol. The Balaban J connectivity index is 0.960. The molecule has 7 heteroatoms. The van der Waals surface area contributed by atoms with Crippen molar-refractivity contribution in [1.82, 2.24) is 14.5 Å². The van der Waals surface area contributed by atoms with Crippen molar-refractivity contribution in [1.29, 1.82) is 0 Å². The van der Waals surface area contributed by atoms with Crippen molar-refractivity contribution in [2.75, 3.05) is 32.8 Å². The third-order valence-electron chi connectivity index (χ3n) is 11.3. The van der Waals surface area contributed by atoms with Crippen LogP contribution < -0.4 is 0 Å². The van der Waals surface area contributed by atoms with Crippen molar-refractivity contribution in [2.45, 2.75) is 115 Å². The Morgan fingerprint density at radius 3 is 1.65 bits per heavy atom. The van der Waals surface area contributed by atoms with E-state index in [9.17, 15) is 0 Å². The van der Waals surface area contributed by atoms with E-state index < -0.39 is 0 Å². The normalized spacial score (nSPS) is 19.5. The van der Waals surface area contributed by atoms with E-state index in [4.69, 9.17) is 24.4 Å². The van der Waals surface area contributed by atoms with Crippen molar-refractivity contribution in [3.63, 3.8) is 0 Å². The maximum absolute atomic E-state index is 6.03. The molecular formula is C44H57N5O2. The molecule has 1 fully saturated rings. The maximum Gasteiger partial charge on any atom is 0.194 e. The molecule has 51 heavy (non-hydrogen) atoms. The van der Waals surface area contributed by atoms with Crippen molar-refractivity contribution < 1.29 is 9.47 Å². The van der Waals surface area contributed by atoms with E-state index in [1.54, 1.807) is 0 Å². The number of benzene rings is 3. The number of imidazole rings is 1. The maximum atomic E-state index is 6.03. The van der Waals surface area contributed by atoms with Crippen molar-refractivity contribution in [3.8, 4) is 0 Å². The Kier molecular flexibility index (Phi) is 9.41. The Morgan fingerprint density at radius 2 is 1.16 bits per heavy atom. The summed E-state index contributed by atoms with van der Waals surface area (Å²) < 4.78 is 14.5. The highest BCUT2D eigenvalue weighted by Gasteiger charge is 2.38. The summed E-state index contributed by atoms with van der Waals surface area (Å²) in [6, 6.07) is 26.8. The quantitative estimate of drug-likeness (QED) is 0.158. The molecule has 0 N–H and O–H groups in total. The zero-order valence-corrected chi connectivity index (χ0v) is 32.1. The molecule has 0 radical (unpaired) electrons. The summed E-state index contributed by atoms with van der Waals surface area (Å²) in [6.07, 6.45) is 4.30. The predicted octanol–water partition coefficient (Wildman–Crippen LogP) is 8.67. The van der Waals surface area contributed by atoms with E-state index in [1.165, 1.54) is 33.6 Å². The molecule has 1 aromatic heterocycles. The number of hydrogen-bond acceptors (Lipinski definition) is 6. The fourth-order valence-electron chi connectivity index (χ4n) is 7.82. The van der Waals surface area contributed by atoms with Gasteiger partial charge in [-0.15, -0.1) is 0 Å². The molecule has 0 amide bonds. The van der Waals surface area contributed by atoms with Crippen LogP contribution in [0.2, 0.25) is 0 Å². The van der Waals surface area contributed by atoms with Crippen LogP contribution in [0.15, 0.2) is 82.8 Å². The summed E-state index contributed by atoms with van der Waals surface area (Å²) in [5.41, 5.74) is 6.77. The summed E-state index contributed by atoms with van der Waals surface area (Å²) >= 11 is 0. The van der Waals surface area contributed by atoms with E-state index in [0.29, 0.717) is 19.1 Å². The second-order valence-electron chi connectivity index (χ2n) is 17.4. The zero-order chi connectivity index (χ0) is 36.0. The van der Waals surface area contributed by atoms with E-state index in [1.807, 2.05) is 0 Å². The standard InChI is InChI=1S/C44H57N5O2/c1-41(2)29-50-39(46-41)43(5,6)34-17-13-31(14-18-34)21-25-48-26-23-33(24-27-48)38-45-36-11-9-10-12-37(36)49(38)28-22-32-15-19-35(20-16-32)44(7,8)40-47-42(3,4)30-51-40/h9-20,33H,21-30H2,1-8H3. The Hall–Kier alpha value is -3.97. The van der Waals surface area contributed by atoms with Crippen molar-refractivity contribution in [2.24, 2.45) is 9.98 Å². The molecule has 0 unspecified atom stereocenters. The first-order chi connectivity index (χ1) is 24.2. The van der Waals surface area contributed by atoms with Crippen LogP contribution in [0.1, 0.15) is 102 Å². The topological polar surface area (TPSA) is 64.2 Å². The number of likely N-dealkylation sites (tertiary alicyclic amines) is 1. The molecular weight excluding hydrogens is 631 g/mol. The van der Waals surface area contributed by atoms with Gasteiger partial charge in [-0.25, -0.2) is 15.0 Å². The minimum Gasteiger partial charge on any atom is -0.478 e. The Bertz CT molecular complexity index is 1910. The first-order valence-electron chi connectivity index (χ1n) is 19.0. The second-order valence-corrected chi connectivity index (χ2v) is 17.4. The summed E-state index contributed by atoms with van der Waals surface area (Å²) in [7, 11) is 0. The third kappa shape index (κ3) is 7.51. The lowest BCUT2D eigenvalue weighted by molar-refractivity contribution is 0.210. The van der Waals surface area contributed by atoms with Gasteiger partial charge in [-0.1, -0.05) is 60.7 Å². The van der Waals surface area contributed by atoms with Gasteiger partial charge in [0, 0.05) is 19.0 Å². The van der Waals surface area contributed by atoms with Gasteiger partial charge in [0.05, 0.1) is 32.9 Å². The van der Waals surface area contributed by atoms with Gasteiger partial charge in [0.1, 0.15) is 19.0 Å². The lowest BCUT2D eigenvalue weighted by Gasteiger charge is -2.32. The molecule has 0 saturated carbocycles. The third-order valence-corrected chi connectivity index (χ3v) is 11.3. The van der Waals surface area contributed by atoms with Crippen LogP contribution in [0.25, 0.3) is 11.0 Å². The van der Waals surface area contributed by atoms with Crippen LogP contribution in [-0.4, -0.2) is 70.2 Å². The van der Waals surface area contributed by atoms with Gasteiger partial charge in [-0.2, -0.15) is 0 Å². The first kappa shape index (κ1) is 35.4. The number of ether oxygens (including phenoxy) is 2. The Labute approximate surface area is 305 Å². The highest BCUT2D eigenvalue weighted by atomic mass is 16.5. The van der Waals surface area contributed by atoms with Gasteiger partial charge in [-0.05, 0) is 129 Å². The van der Waals surface area contributed by atoms with E-state index >= 15 is 0 Å². The van der Waals surface area contributed by atoms with Gasteiger partial charge < -0.3 is 18.9 Å². The van der Waals surface area contributed by atoms with Crippen molar-refractivity contribution in [3.05, 3.63) is 101 Å². The number of nitrogens with zero attached hydrogens (tertiary/aromatic N) is 5. The highest BCUT2D eigenvalue weighted by Crippen LogP contribution is 2.34. The summed E-state index contributed by atoms with van der Waals surface area (Å²) in [4.78, 5) is 17.6. The number of aliphatic imine (C=N–C) groups is 2. The second kappa shape index (κ2) is 13.5. The van der Waals surface area contributed by atoms with E-state index in [2.05, 4.69) is 138 Å². The number of rotatable bonds is 11. The molecule has 3 aliphatic heterocycles. The largest absolute Gasteiger partial charge is 0.478 e. The summed E-state index contributed by atoms with van der Waals surface area (Å²) in [6.45, 7) is 22.9. The van der Waals surface area contributed by atoms with Crippen molar-refractivity contribution >= 4 is 22.8 Å². The molecule has 0 bridgehead atoms. The van der Waals surface area contributed by atoms with Gasteiger partial charge in [0.2, 0.25) is 0 Å². The fourth-order valence-corrected chi connectivity index (χ4v) is 7.82. The molecule has 7 nitrogen and oxygen atoms in total. The molecule has 7 rings (SSSR count). The number of hydrogen-bond donors (Lipinski definition) is 0. The lowest BCUT2D eigenvalue weighted by Crippen LogP contribution is -2.35. The number of aryl methyl sites for hydroxylation is 2. The van der Waals surface area contributed by atoms with Crippen LogP contribution >= 0.6 is 0 Å². The minimum atomic E-state index is -0.255. The molecule has 0 atom stereocenters. The molecule has 0 aliphatic carbocycles. The molecule has 0 spiro atoms. The SMILES string of the molecule is CC1(C)COC(C(C)(C)c2ccc(CCN3CCC(c4nc5ccccc5n4CCc4ccc(C(C)(C)C5=NC(C)(C)CO5)cc4)CC3)cc2)=N1. The number of piperidine rings is 1. The number of aromatic nitrogens is 2. The van der Waals surface area contributed by atoms with Gasteiger partial charge in [0.15, 0.2) is 11.8 Å². The lowest BCUT2D eigenvalue weighted by atomic mass is 9.83. The zero-order valence-electron chi connectivity index (χ0n) is 32.1. The van der Waals surface area contributed by atoms with Crippen LogP contribution in [0.5, 0.6) is 0 Å². The highest BCUT2D eigenvalue weighted by molar-refractivity contribution is 5.89. The molecule has 3 aliphatic rings. The van der Waals surface area contributed by atoms with Crippen LogP contribution in [0, 0.1) is 0 Å². The summed E-state index contributed by atoms with van der Waals surface area (Å²) in [5.74, 6) is 3.41. The number of fused-ring (bicyclic) bond motifs is 1. The van der Waals surface area contributed by atoms with Gasteiger partial charge >= 0.3 is 0 Å². The van der Waals surface area contributed by atoms with Crippen LogP contribution in [0.3, 0.4) is 0 Å². The van der Waals surface area contributed by atoms with Crippen LogP contribution in [-0.2, 0) is 39.7 Å². The first-order valence-corrected chi connectivity index (χ1v) is 19.0. The average Bonchev–Trinajstić information content (AvgIpc) is 3.81. The summed E-state index contributed by atoms with van der Waals surface area (Å²) in [5, 5.41) is 0. The number of para-hydroxylation sites is 2. The Morgan fingerprint density at radius 1 is 0.667 bits per heavy atom. The fraction of sp³-hybridized carbons (Fsp3) is 0.523. The molecule has 3 aromatic carbocycles. The molecule has 1 saturated heterocycles. The molecule has 270 valence electrons. The molecule has 4 heterocycles. The van der Waals surface area contributed by atoms with Gasteiger partial charge in [0.25, 0.3) is 0 Å². The van der Waals surface area contributed by atoms with Crippen LogP contribution in [0.4, 0.5) is 0 Å². The monoisotopic (exact) mass is 687 g/mol. The average molecular weight is 688 g/mol. The van der Waals surface area contributed by atoms with E-state index in [0.717, 1.165) is 69.2 Å². The minimum absolute atomic E-state index is 0.142. The van der Waals surface area contributed by atoms with E-state index in [-0.39, 0.29) is 21.9 Å². The smallest absolute Gasteiger partial charge is 0.194 e. The van der Waals surface area contributed by atoms with Gasteiger partial charge in [-0.3, -0.25) is 0 Å².